The van der Waals surface area contributed by atoms with E-state index in [9.17, 15) is 4.79 Å². The maximum atomic E-state index is 12.2. The fourth-order valence-corrected chi connectivity index (χ4v) is 2.47. The Kier molecular flexibility index (Phi) is 5.36. The van der Waals surface area contributed by atoms with Gasteiger partial charge in [0.15, 0.2) is 0 Å². The standard InChI is InChI=1S/C21H18ClNO2/c1-15-13-19(11-12-20(15)22)25-14-16-7-9-17(10-8-16)21(24)23-18-5-3-2-4-6-18/h2-13H,14H2,1H3,(H,23,24). The van der Waals surface area contributed by atoms with Gasteiger partial charge in [-0.25, -0.2) is 0 Å². The highest BCUT2D eigenvalue weighted by molar-refractivity contribution is 6.31. The summed E-state index contributed by atoms with van der Waals surface area (Å²) in [6.07, 6.45) is 0. The lowest BCUT2D eigenvalue weighted by Crippen LogP contribution is -2.11. The number of carbonyl (C=O) groups excluding carboxylic acids is 1. The average Bonchev–Trinajstić information content (AvgIpc) is 2.64. The molecule has 0 bridgehead atoms. The van der Waals surface area contributed by atoms with Crippen LogP contribution >= 0.6 is 11.6 Å². The fraction of sp³-hybridized carbons (Fsp3) is 0.0952. The van der Waals surface area contributed by atoms with Crippen LogP contribution in [0.25, 0.3) is 0 Å². The van der Waals surface area contributed by atoms with Crippen molar-refractivity contribution in [2.24, 2.45) is 0 Å². The van der Waals surface area contributed by atoms with Gasteiger partial charge in [-0.15, -0.1) is 0 Å². The van der Waals surface area contributed by atoms with Crippen LogP contribution in [0.5, 0.6) is 5.75 Å². The molecule has 1 N–H and O–H groups in total. The van der Waals surface area contributed by atoms with E-state index in [1.54, 1.807) is 12.1 Å². The Hall–Kier alpha value is -2.78. The van der Waals surface area contributed by atoms with E-state index in [0.29, 0.717) is 12.2 Å². The number of nitrogens with one attached hydrogen (secondary N) is 1. The molecular weight excluding hydrogens is 334 g/mol. The summed E-state index contributed by atoms with van der Waals surface area (Å²) >= 11 is 6.01. The molecule has 3 aromatic carbocycles. The molecule has 0 spiro atoms. The second-order valence-corrected chi connectivity index (χ2v) is 6.12. The minimum Gasteiger partial charge on any atom is -0.489 e. The fourth-order valence-electron chi connectivity index (χ4n) is 2.35. The van der Waals surface area contributed by atoms with Crippen molar-refractivity contribution in [2.45, 2.75) is 13.5 Å². The van der Waals surface area contributed by atoms with Gasteiger partial charge in [-0.05, 0) is 60.5 Å². The molecule has 4 heteroatoms. The topological polar surface area (TPSA) is 38.3 Å². The van der Waals surface area contributed by atoms with Crippen LogP contribution in [0.1, 0.15) is 21.5 Å². The Morgan fingerprint density at radius 1 is 1.00 bits per heavy atom. The van der Waals surface area contributed by atoms with Crippen molar-refractivity contribution in [3.05, 3.63) is 94.5 Å². The quantitative estimate of drug-likeness (QED) is 0.661. The lowest BCUT2D eigenvalue weighted by atomic mass is 10.1. The molecule has 126 valence electrons. The monoisotopic (exact) mass is 351 g/mol. The van der Waals surface area contributed by atoms with Crippen LogP contribution in [0, 0.1) is 6.92 Å². The van der Waals surface area contributed by atoms with E-state index in [0.717, 1.165) is 27.6 Å². The second kappa shape index (κ2) is 7.86. The lowest BCUT2D eigenvalue weighted by molar-refractivity contribution is 0.102. The molecule has 0 fully saturated rings. The van der Waals surface area contributed by atoms with Crippen molar-refractivity contribution in [3.8, 4) is 5.75 Å². The predicted molar refractivity (Wildman–Crippen MR) is 101 cm³/mol. The van der Waals surface area contributed by atoms with Crippen LogP contribution in [-0.4, -0.2) is 5.91 Å². The van der Waals surface area contributed by atoms with Gasteiger partial charge in [0.05, 0.1) is 0 Å². The van der Waals surface area contributed by atoms with Crippen molar-refractivity contribution in [3.63, 3.8) is 0 Å². The minimum absolute atomic E-state index is 0.132. The molecule has 0 aliphatic heterocycles. The minimum atomic E-state index is -0.132. The highest BCUT2D eigenvalue weighted by Crippen LogP contribution is 2.22. The number of hydrogen-bond acceptors (Lipinski definition) is 2. The normalized spacial score (nSPS) is 10.3. The number of carbonyl (C=O) groups is 1. The number of aryl methyl sites for hydroxylation is 1. The van der Waals surface area contributed by atoms with E-state index in [1.165, 1.54) is 0 Å². The van der Waals surface area contributed by atoms with Gasteiger partial charge in [0.1, 0.15) is 12.4 Å². The summed E-state index contributed by atoms with van der Waals surface area (Å²) in [5.41, 5.74) is 3.35. The molecule has 0 saturated heterocycles. The summed E-state index contributed by atoms with van der Waals surface area (Å²) in [6, 6.07) is 22.3. The molecule has 3 nitrogen and oxygen atoms in total. The highest BCUT2D eigenvalue weighted by atomic mass is 35.5. The van der Waals surface area contributed by atoms with Gasteiger partial charge in [0.25, 0.3) is 5.91 Å². The Morgan fingerprint density at radius 3 is 2.40 bits per heavy atom. The van der Waals surface area contributed by atoms with Crippen LogP contribution in [-0.2, 0) is 6.61 Å². The van der Waals surface area contributed by atoms with Gasteiger partial charge in [-0.1, -0.05) is 41.9 Å². The first-order valence-electron chi connectivity index (χ1n) is 7.96. The lowest BCUT2D eigenvalue weighted by Gasteiger charge is -2.09. The first-order valence-corrected chi connectivity index (χ1v) is 8.34. The maximum absolute atomic E-state index is 12.2. The number of ether oxygens (including phenoxy) is 1. The van der Waals surface area contributed by atoms with E-state index in [1.807, 2.05) is 67.6 Å². The van der Waals surface area contributed by atoms with Gasteiger partial charge in [-0.2, -0.15) is 0 Å². The van der Waals surface area contributed by atoms with Gasteiger partial charge < -0.3 is 10.1 Å². The average molecular weight is 352 g/mol. The van der Waals surface area contributed by atoms with Gasteiger partial charge in [0, 0.05) is 16.3 Å². The van der Waals surface area contributed by atoms with Crippen LogP contribution in [0.4, 0.5) is 5.69 Å². The molecule has 0 saturated carbocycles. The maximum Gasteiger partial charge on any atom is 0.255 e. The van der Waals surface area contributed by atoms with Gasteiger partial charge in [0.2, 0.25) is 0 Å². The summed E-state index contributed by atoms with van der Waals surface area (Å²) in [5.74, 6) is 0.639. The second-order valence-electron chi connectivity index (χ2n) is 5.72. The number of benzene rings is 3. The number of para-hydroxylation sites is 1. The molecule has 3 aromatic rings. The zero-order valence-corrected chi connectivity index (χ0v) is 14.6. The SMILES string of the molecule is Cc1cc(OCc2ccc(C(=O)Nc3ccccc3)cc2)ccc1Cl. The molecule has 0 aliphatic carbocycles. The highest BCUT2D eigenvalue weighted by Gasteiger charge is 2.06. The number of halogens is 1. The molecule has 0 aromatic heterocycles. The summed E-state index contributed by atoms with van der Waals surface area (Å²) in [5, 5.41) is 3.59. The summed E-state index contributed by atoms with van der Waals surface area (Å²) in [7, 11) is 0. The molecular formula is C21H18ClNO2. The van der Waals surface area contributed by atoms with Gasteiger partial charge in [-0.3, -0.25) is 4.79 Å². The Labute approximate surface area is 152 Å². The van der Waals surface area contributed by atoms with Crippen LogP contribution in [0.15, 0.2) is 72.8 Å². The van der Waals surface area contributed by atoms with Crippen LogP contribution in [0.2, 0.25) is 5.02 Å². The van der Waals surface area contributed by atoms with Crippen LogP contribution in [0.3, 0.4) is 0 Å². The first-order chi connectivity index (χ1) is 12.1. The van der Waals surface area contributed by atoms with E-state index >= 15 is 0 Å². The molecule has 1 amide bonds. The van der Waals surface area contributed by atoms with E-state index in [2.05, 4.69) is 5.32 Å². The largest absolute Gasteiger partial charge is 0.489 e. The first kappa shape index (κ1) is 17.1. The Bertz CT molecular complexity index is 861. The summed E-state index contributed by atoms with van der Waals surface area (Å²) in [4.78, 5) is 12.2. The molecule has 25 heavy (non-hydrogen) atoms. The number of rotatable bonds is 5. The molecule has 0 atom stereocenters. The van der Waals surface area contributed by atoms with Crippen molar-refractivity contribution in [1.82, 2.24) is 0 Å². The third-order valence-electron chi connectivity index (χ3n) is 3.78. The molecule has 0 aliphatic rings. The summed E-state index contributed by atoms with van der Waals surface area (Å²) < 4.78 is 5.76. The van der Waals surface area contributed by atoms with Gasteiger partial charge >= 0.3 is 0 Å². The number of anilines is 1. The zero-order valence-electron chi connectivity index (χ0n) is 13.8. The van der Waals surface area contributed by atoms with E-state index in [4.69, 9.17) is 16.3 Å². The third-order valence-corrected chi connectivity index (χ3v) is 4.21. The van der Waals surface area contributed by atoms with E-state index < -0.39 is 0 Å². The predicted octanol–water partition coefficient (Wildman–Crippen LogP) is 5.48. The Morgan fingerprint density at radius 2 is 1.72 bits per heavy atom. The smallest absolute Gasteiger partial charge is 0.255 e. The van der Waals surface area contributed by atoms with Crippen molar-refractivity contribution >= 4 is 23.2 Å². The number of amides is 1. The molecule has 0 radical (unpaired) electrons. The van der Waals surface area contributed by atoms with Crippen molar-refractivity contribution in [2.75, 3.05) is 5.32 Å². The number of hydrogen-bond donors (Lipinski definition) is 1. The zero-order chi connectivity index (χ0) is 17.6. The van der Waals surface area contributed by atoms with Crippen molar-refractivity contribution < 1.29 is 9.53 Å². The van der Waals surface area contributed by atoms with Crippen molar-refractivity contribution in [1.29, 1.82) is 0 Å². The third kappa shape index (κ3) is 4.61. The summed E-state index contributed by atoms with van der Waals surface area (Å²) in [6.45, 7) is 2.37. The molecule has 0 heterocycles. The van der Waals surface area contributed by atoms with E-state index in [-0.39, 0.29) is 5.91 Å². The Balaban J connectivity index is 1.60. The molecule has 3 rings (SSSR count). The molecule has 0 unspecified atom stereocenters. The van der Waals surface area contributed by atoms with Crippen LogP contribution < -0.4 is 10.1 Å².